The second kappa shape index (κ2) is 7.46. The molecule has 0 radical (unpaired) electrons. The number of halogens is 1. The summed E-state index contributed by atoms with van der Waals surface area (Å²) in [5.41, 5.74) is 1.49. The molecule has 0 aliphatic rings. The van der Waals surface area contributed by atoms with Crippen LogP contribution < -0.4 is 10.2 Å². The van der Waals surface area contributed by atoms with Gasteiger partial charge in [0.05, 0.1) is 11.8 Å². The third-order valence-electron chi connectivity index (χ3n) is 2.86. The number of hydrogen-bond donors (Lipinski definition) is 2. The molecule has 0 heterocycles. The van der Waals surface area contributed by atoms with Gasteiger partial charge in [-0.25, -0.2) is 4.39 Å². The van der Waals surface area contributed by atoms with E-state index in [1.165, 1.54) is 6.07 Å². The average molecular weight is 268 g/mol. The first-order valence-corrected chi connectivity index (χ1v) is 6.79. The van der Waals surface area contributed by atoms with E-state index in [4.69, 9.17) is 0 Å². The molecule has 0 bridgehead atoms. The van der Waals surface area contributed by atoms with Crippen molar-refractivity contribution >= 4 is 5.69 Å². The van der Waals surface area contributed by atoms with E-state index in [1.54, 1.807) is 24.9 Å². The van der Waals surface area contributed by atoms with Gasteiger partial charge in [-0.2, -0.15) is 0 Å². The van der Waals surface area contributed by atoms with Crippen LogP contribution in [0.15, 0.2) is 18.2 Å². The molecule has 0 aliphatic carbocycles. The molecule has 19 heavy (non-hydrogen) atoms. The molecule has 1 atom stereocenters. The van der Waals surface area contributed by atoms with E-state index in [2.05, 4.69) is 19.2 Å². The maximum atomic E-state index is 14.0. The molecule has 0 amide bonds. The number of anilines is 1. The first kappa shape index (κ1) is 15.9. The van der Waals surface area contributed by atoms with Crippen molar-refractivity contribution in [3.63, 3.8) is 0 Å². The number of hydrogen-bond acceptors (Lipinski definition) is 3. The highest BCUT2D eigenvalue weighted by Crippen LogP contribution is 2.23. The number of rotatable bonds is 7. The van der Waals surface area contributed by atoms with Crippen LogP contribution >= 0.6 is 0 Å². The lowest BCUT2D eigenvalue weighted by molar-refractivity contribution is 0.201. The van der Waals surface area contributed by atoms with Crippen molar-refractivity contribution < 1.29 is 9.50 Å². The van der Waals surface area contributed by atoms with Crippen LogP contribution in [0.5, 0.6) is 0 Å². The van der Waals surface area contributed by atoms with Gasteiger partial charge in [-0.1, -0.05) is 26.0 Å². The van der Waals surface area contributed by atoms with Crippen LogP contribution in [0.25, 0.3) is 0 Å². The third kappa shape index (κ3) is 5.17. The molecule has 4 heteroatoms. The number of aliphatic hydroxyl groups excluding tert-OH is 1. The number of aliphatic hydroxyl groups is 1. The molecule has 1 aromatic carbocycles. The van der Waals surface area contributed by atoms with Crippen LogP contribution in [0.1, 0.15) is 26.3 Å². The summed E-state index contributed by atoms with van der Waals surface area (Å²) in [5, 5.41) is 12.8. The lowest BCUT2D eigenvalue weighted by Gasteiger charge is -2.24. The Morgan fingerprint density at radius 1 is 1.32 bits per heavy atom. The van der Waals surface area contributed by atoms with Crippen LogP contribution in [0.4, 0.5) is 10.1 Å². The fourth-order valence-electron chi connectivity index (χ4n) is 2.11. The maximum absolute atomic E-state index is 14.0. The molecule has 0 aromatic heterocycles. The molecule has 0 spiro atoms. The molecule has 0 fully saturated rings. The van der Waals surface area contributed by atoms with Gasteiger partial charge < -0.3 is 15.3 Å². The Kier molecular flexibility index (Phi) is 6.25. The Bertz CT molecular complexity index is 394. The van der Waals surface area contributed by atoms with E-state index in [0.717, 1.165) is 12.1 Å². The number of nitrogens with zero attached hydrogens (tertiary/aromatic N) is 1. The predicted octanol–water partition coefficient (Wildman–Crippen LogP) is 2.39. The van der Waals surface area contributed by atoms with Crippen LogP contribution in [-0.4, -0.2) is 31.3 Å². The van der Waals surface area contributed by atoms with Gasteiger partial charge >= 0.3 is 0 Å². The average Bonchev–Trinajstić information content (AvgIpc) is 2.27. The van der Waals surface area contributed by atoms with Crippen molar-refractivity contribution in [1.29, 1.82) is 0 Å². The summed E-state index contributed by atoms with van der Waals surface area (Å²) in [4.78, 5) is 1.77. The Balaban J connectivity index is 2.82. The SMILES string of the molecule is CC(C)CNCc1cccc(F)c1N(C)CC(C)O. The Morgan fingerprint density at radius 3 is 2.58 bits per heavy atom. The van der Waals surface area contributed by atoms with Crippen LogP contribution in [0.2, 0.25) is 0 Å². The Labute approximate surface area is 115 Å². The van der Waals surface area contributed by atoms with Gasteiger partial charge in [0.1, 0.15) is 5.82 Å². The predicted molar refractivity (Wildman–Crippen MR) is 77.9 cm³/mol. The topological polar surface area (TPSA) is 35.5 Å². The highest BCUT2D eigenvalue weighted by atomic mass is 19.1. The van der Waals surface area contributed by atoms with Gasteiger partial charge in [-0.05, 0) is 31.0 Å². The summed E-state index contributed by atoms with van der Waals surface area (Å²) in [7, 11) is 1.80. The number of nitrogens with one attached hydrogen (secondary N) is 1. The standard InChI is InChI=1S/C15H25FN2O/c1-11(2)8-17-9-13-6-5-7-14(16)15(13)18(4)10-12(3)19/h5-7,11-12,17,19H,8-10H2,1-4H3. The molecule has 0 aliphatic heterocycles. The number of benzene rings is 1. The Morgan fingerprint density at radius 2 is 2.00 bits per heavy atom. The summed E-state index contributed by atoms with van der Waals surface area (Å²) in [6, 6.07) is 5.10. The highest BCUT2D eigenvalue weighted by molar-refractivity contribution is 5.54. The lowest BCUT2D eigenvalue weighted by atomic mass is 10.1. The quantitative estimate of drug-likeness (QED) is 0.797. The first-order valence-electron chi connectivity index (χ1n) is 6.79. The molecule has 2 N–H and O–H groups in total. The van der Waals surface area contributed by atoms with Crippen LogP contribution in [0, 0.1) is 11.7 Å². The molecular formula is C15H25FN2O. The minimum absolute atomic E-state index is 0.244. The van der Waals surface area contributed by atoms with Gasteiger partial charge in [0, 0.05) is 20.1 Å². The monoisotopic (exact) mass is 268 g/mol. The summed E-state index contributed by atoms with van der Waals surface area (Å²) in [5.74, 6) is 0.319. The van der Waals surface area contributed by atoms with Gasteiger partial charge in [0.2, 0.25) is 0 Å². The van der Waals surface area contributed by atoms with E-state index in [0.29, 0.717) is 24.7 Å². The van der Waals surface area contributed by atoms with Crippen molar-refractivity contribution in [2.24, 2.45) is 5.92 Å². The summed E-state index contributed by atoms with van der Waals surface area (Å²) in [6.45, 7) is 7.93. The fraction of sp³-hybridized carbons (Fsp3) is 0.600. The molecular weight excluding hydrogens is 243 g/mol. The minimum Gasteiger partial charge on any atom is -0.392 e. The first-order chi connectivity index (χ1) is 8.91. The van der Waals surface area contributed by atoms with Gasteiger partial charge in [-0.3, -0.25) is 0 Å². The largest absolute Gasteiger partial charge is 0.392 e. The zero-order valence-corrected chi connectivity index (χ0v) is 12.3. The zero-order valence-electron chi connectivity index (χ0n) is 12.3. The van der Waals surface area contributed by atoms with Crippen LogP contribution in [0.3, 0.4) is 0 Å². The van der Waals surface area contributed by atoms with Gasteiger partial charge in [0.15, 0.2) is 0 Å². The maximum Gasteiger partial charge on any atom is 0.146 e. The molecule has 1 rings (SSSR count). The van der Waals surface area contributed by atoms with Crippen molar-refractivity contribution in [3.05, 3.63) is 29.6 Å². The number of para-hydroxylation sites is 1. The minimum atomic E-state index is -0.485. The molecule has 3 nitrogen and oxygen atoms in total. The van der Waals surface area contributed by atoms with E-state index >= 15 is 0 Å². The normalized spacial score (nSPS) is 12.8. The second-order valence-electron chi connectivity index (χ2n) is 5.50. The van der Waals surface area contributed by atoms with Crippen molar-refractivity contribution in [2.75, 3.05) is 25.0 Å². The molecule has 1 aromatic rings. The Hall–Kier alpha value is -1.13. The lowest BCUT2D eigenvalue weighted by Crippen LogP contribution is -2.29. The molecule has 1 unspecified atom stereocenters. The molecule has 0 saturated carbocycles. The number of likely N-dealkylation sites (N-methyl/N-ethyl adjacent to an activating group) is 1. The van der Waals surface area contributed by atoms with Crippen LogP contribution in [-0.2, 0) is 6.54 Å². The summed E-state index contributed by atoms with van der Waals surface area (Å²) in [6.07, 6.45) is -0.485. The smallest absolute Gasteiger partial charge is 0.146 e. The highest BCUT2D eigenvalue weighted by Gasteiger charge is 2.14. The molecule has 108 valence electrons. The van der Waals surface area contributed by atoms with Crippen molar-refractivity contribution in [2.45, 2.75) is 33.4 Å². The fourth-order valence-corrected chi connectivity index (χ4v) is 2.11. The molecule has 0 saturated heterocycles. The summed E-state index contributed by atoms with van der Waals surface area (Å²) >= 11 is 0. The second-order valence-corrected chi connectivity index (χ2v) is 5.50. The van der Waals surface area contributed by atoms with E-state index in [1.807, 2.05) is 6.07 Å². The summed E-state index contributed by atoms with van der Waals surface area (Å²) < 4.78 is 14.0. The zero-order chi connectivity index (χ0) is 14.4. The van der Waals surface area contributed by atoms with Crippen molar-refractivity contribution in [1.82, 2.24) is 5.32 Å². The third-order valence-corrected chi connectivity index (χ3v) is 2.86. The van der Waals surface area contributed by atoms with Gasteiger partial charge in [0.25, 0.3) is 0 Å². The van der Waals surface area contributed by atoms with E-state index in [-0.39, 0.29) is 5.82 Å². The van der Waals surface area contributed by atoms with E-state index < -0.39 is 6.10 Å². The van der Waals surface area contributed by atoms with E-state index in [9.17, 15) is 9.50 Å². The van der Waals surface area contributed by atoms with Gasteiger partial charge in [-0.15, -0.1) is 0 Å². The van der Waals surface area contributed by atoms with Crippen molar-refractivity contribution in [3.8, 4) is 0 Å².